The van der Waals surface area contributed by atoms with Crippen molar-refractivity contribution in [1.29, 1.82) is 0 Å². The average molecular weight is 374 g/mol. The Bertz CT molecular complexity index is 659. The number of ether oxygens (including phenoxy) is 1. The molecule has 0 radical (unpaired) electrons. The monoisotopic (exact) mass is 373 g/mol. The van der Waals surface area contributed by atoms with Crippen molar-refractivity contribution < 1.29 is 14.3 Å². The largest absolute Gasteiger partial charge is 0.452 e. The summed E-state index contributed by atoms with van der Waals surface area (Å²) < 4.78 is 5.09. The summed E-state index contributed by atoms with van der Waals surface area (Å²) in [6.45, 7) is 1.94. The lowest BCUT2D eigenvalue weighted by Gasteiger charge is -2.59. The molecule has 4 fully saturated rings. The van der Waals surface area contributed by atoms with Gasteiger partial charge in [0.05, 0.1) is 0 Å². The molecule has 0 saturated heterocycles. The Kier molecular flexibility index (Phi) is 4.91. The normalized spacial score (nSPS) is 33.3. The van der Waals surface area contributed by atoms with Crippen molar-refractivity contribution in [2.45, 2.75) is 51.5 Å². The van der Waals surface area contributed by atoms with Crippen LogP contribution < -0.4 is 5.32 Å². The molecule has 1 aromatic rings. The molecular formula is C21H27NO3S. The lowest BCUT2D eigenvalue weighted by molar-refractivity contribution is -0.145. The molecular weight excluding hydrogens is 346 g/mol. The Hall–Kier alpha value is -1.62. The fourth-order valence-corrected chi connectivity index (χ4v) is 6.49. The van der Waals surface area contributed by atoms with E-state index in [0.29, 0.717) is 0 Å². The van der Waals surface area contributed by atoms with Gasteiger partial charge in [-0.3, -0.25) is 4.79 Å². The van der Waals surface area contributed by atoms with E-state index in [1.54, 1.807) is 17.4 Å². The molecule has 0 unspecified atom stereocenters. The van der Waals surface area contributed by atoms with Crippen LogP contribution in [0.15, 0.2) is 22.9 Å². The van der Waals surface area contributed by atoms with Crippen LogP contribution in [0.2, 0.25) is 0 Å². The molecule has 1 atom stereocenters. The molecule has 140 valence electrons. The minimum absolute atomic E-state index is 0.156. The molecule has 26 heavy (non-hydrogen) atoms. The van der Waals surface area contributed by atoms with Gasteiger partial charge in [0.15, 0.2) is 6.61 Å². The van der Waals surface area contributed by atoms with Gasteiger partial charge in [0.2, 0.25) is 0 Å². The topological polar surface area (TPSA) is 55.4 Å². The third-order valence-corrected chi connectivity index (χ3v) is 7.38. The summed E-state index contributed by atoms with van der Waals surface area (Å²) in [5.74, 6) is 1.92. The van der Waals surface area contributed by atoms with Gasteiger partial charge in [0.1, 0.15) is 0 Å². The van der Waals surface area contributed by atoms with Crippen LogP contribution >= 0.6 is 11.3 Å². The number of carbonyl (C=O) groups is 2. The number of thiophene rings is 1. The molecule has 0 aliphatic heterocycles. The van der Waals surface area contributed by atoms with E-state index < -0.39 is 5.97 Å². The Morgan fingerprint density at radius 2 is 1.92 bits per heavy atom. The fraction of sp³-hybridized carbons (Fsp3) is 0.619. The number of nitrogens with one attached hydrogen (secondary N) is 1. The maximum absolute atomic E-state index is 12.3. The van der Waals surface area contributed by atoms with Crippen molar-refractivity contribution in [1.82, 2.24) is 5.32 Å². The highest BCUT2D eigenvalue weighted by Crippen LogP contribution is 2.61. The van der Waals surface area contributed by atoms with Crippen LogP contribution in [0.5, 0.6) is 0 Å². The number of rotatable bonds is 6. The van der Waals surface area contributed by atoms with Gasteiger partial charge in [-0.05, 0) is 97.1 Å². The molecule has 1 aromatic heterocycles. The number of carbonyl (C=O) groups excluding carboxylic acids is 2. The maximum atomic E-state index is 12.3. The lowest BCUT2D eigenvalue weighted by atomic mass is 9.48. The molecule has 0 aromatic carbocycles. The number of hydrogen-bond acceptors (Lipinski definition) is 4. The third kappa shape index (κ3) is 3.73. The highest BCUT2D eigenvalue weighted by atomic mass is 32.1. The Labute approximate surface area is 159 Å². The van der Waals surface area contributed by atoms with E-state index in [2.05, 4.69) is 12.2 Å². The smallest absolute Gasteiger partial charge is 0.331 e. The van der Waals surface area contributed by atoms with Crippen molar-refractivity contribution in [2.24, 2.45) is 23.2 Å². The van der Waals surface area contributed by atoms with E-state index >= 15 is 0 Å². The predicted octanol–water partition coefficient (Wildman–Crippen LogP) is 4.03. The summed E-state index contributed by atoms with van der Waals surface area (Å²) in [5, 5.41) is 7.02. The van der Waals surface area contributed by atoms with Crippen LogP contribution in [0.3, 0.4) is 0 Å². The minimum atomic E-state index is -0.478. The standard InChI is InChI=1S/C21H27NO3S/c1-14(21-9-16-6-17(10-21)8-18(7-16)11-21)22-19(23)12-25-20(24)3-2-15-4-5-26-13-15/h2-5,13-14,16-18H,6-12H2,1H3,(H,22,23)/b3-2+/t14-,16?,17?,18?,21?/m0/s1. The van der Waals surface area contributed by atoms with Crippen molar-refractivity contribution in [3.05, 3.63) is 28.5 Å². The van der Waals surface area contributed by atoms with E-state index in [-0.39, 0.29) is 24.0 Å². The van der Waals surface area contributed by atoms with Crippen molar-refractivity contribution in [3.63, 3.8) is 0 Å². The summed E-state index contributed by atoms with van der Waals surface area (Å²) in [7, 11) is 0. The van der Waals surface area contributed by atoms with Gasteiger partial charge >= 0.3 is 5.97 Å². The van der Waals surface area contributed by atoms with Crippen LogP contribution in [0.1, 0.15) is 51.0 Å². The second-order valence-corrected chi connectivity index (χ2v) is 9.35. The molecule has 1 heterocycles. The highest BCUT2D eigenvalue weighted by molar-refractivity contribution is 7.08. The van der Waals surface area contributed by atoms with Crippen LogP contribution in [0, 0.1) is 23.2 Å². The minimum Gasteiger partial charge on any atom is -0.452 e. The van der Waals surface area contributed by atoms with Gasteiger partial charge < -0.3 is 10.1 Å². The maximum Gasteiger partial charge on any atom is 0.331 e. The van der Waals surface area contributed by atoms with E-state index in [0.717, 1.165) is 23.3 Å². The molecule has 1 amide bonds. The Morgan fingerprint density at radius 3 is 2.50 bits per heavy atom. The Balaban J connectivity index is 1.26. The first-order valence-electron chi connectivity index (χ1n) is 9.69. The van der Waals surface area contributed by atoms with Gasteiger partial charge in [-0.1, -0.05) is 0 Å². The second-order valence-electron chi connectivity index (χ2n) is 8.57. The first-order chi connectivity index (χ1) is 12.5. The number of esters is 1. The molecule has 4 saturated carbocycles. The molecule has 5 rings (SSSR count). The van der Waals surface area contributed by atoms with E-state index in [1.165, 1.54) is 44.6 Å². The summed E-state index contributed by atoms with van der Waals surface area (Å²) in [4.78, 5) is 24.0. The van der Waals surface area contributed by atoms with Crippen molar-refractivity contribution >= 4 is 29.3 Å². The van der Waals surface area contributed by atoms with Crippen LogP contribution in [-0.4, -0.2) is 24.5 Å². The van der Waals surface area contributed by atoms with Gasteiger partial charge in [-0.15, -0.1) is 0 Å². The van der Waals surface area contributed by atoms with Crippen LogP contribution in [0.4, 0.5) is 0 Å². The van der Waals surface area contributed by atoms with E-state index in [1.807, 2.05) is 16.8 Å². The van der Waals surface area contributed by atoms with Gasteiger partial charge in [0.25, 0.3) is 5.91 Å². The van der Waals surface area contributed by atoms with Crippen molar-refractivity contribution in [2.75, 3.05) is 6.61 Å². The number of amides is 1. The molecule has 4 nitrogen and oxygen atoms in total. The molecule has 4 bridgehead atoms. The first kappa shape index (κ1) is 17.8. The lowest BCUT2D eigenvalue weighted by Crippen LogP contribution is -2.56. The third-order valence-electron chi connectivity index (χ3n) is 6.68. The fourth-order valence-electron chi connectivity index (χ4n) is 5.86. The number of hydrogen-bond donors (Lipinski definition) is 1. The second kappa shape index (κ2) is 7.18. The quantitative estimate of drug-likeness (QED) is 0.605. The van der Waals surface area contributed by atoms with Gasteiger partial charge in [-0.2, -0.15) is 11.3 Å². The van der Waals surface area contributed by atoms with E-state index in [4.69, 9.17) is 4.74 Å². The Morgan fingerprint density at radius 1 is 1.27 bits per heavy atom. The summed E-state index contributed by atoms with van der Waals surface area (Å²) in [5.41, 5.74) is 1.24. The van der Waals surface area contributed by atoms with Gasteiger partial charge in [-0.25, -0.2) is 4.79 Å². The zero-order valence-corrected chi connectivity index (χ0v) is 16.1. The van der Waals surface area contributed by atoms with E-state index in [9.17, 15) is 9.59 Å². The zero-order chi connectivity index (χ0) is 18.1. The van der Waals surface area contributed by atoms with Crippen molar-refractivity contribution in [3.8, 4) is 0 Å². The predicted molar refractivity (Wildman–Crippen MR) is 103 cm³/mol. The average Bonchev–Trinajstić information content (AvgIpc) is 3.10. The molecule has 0 spiro atoms. The summed E-state index contributed by atoms with van der Waals surface area (Å²) >= 11 is 1.57. The van der Waals surface area contributed by atoms with Crippen LogP contribution in [0.25, 0.3) is 6.08 Å². The summed E-state index contributed by atoms with van der Waals surface area (Å²) in [6.07, 6.45) is 11.0. The molecule has 4 aliphatic rings. The SMILES string of the molecule is C[C@H](NC(=O)COC(=O)/C=C/c1ccsc1)C12CC3CC(CC(C3)C1)C2. The molecule has 4 aliphatic carbocycles. The highest BCUT2D eigenvalue weighted by Gasteiger charge is 2.53. The molecule has 1 N–H and O–H groups in total. The van der Waals surface area contributed by atoms with Crippen LogP contribution in [-0.2, 0) is 14.3 Å². The zero-order valence-electron chi connectivity index (χ0n) is 15.3. The van der Waals surface area contributed by atoms with Gasteiger partial charge in [0, 0.05) is 12.1 Å². The first-order valence-corrected chi connectivity index (χ1v) is 10.6. The molecule has 5 heteroatoms. The summed E-state index contributed by atoms with van der Waals surface area (Å²) in [6, 6.07) is 2.08.